The van der Waals surface area contributed by atoms with Crippen LogP contribution in [0.4, 0.5) is 0 Å². The predicted octanol–water partition coefficient (Wildman–Crippen LogP) is 2.06. The molecule has 0 bridgehead atoms. The largest absolute Gasteiger partial charge is 0.463 e. The Morgan fingerprint density at radius 1 is 1.22 bits per heavy atom. The van der Waals surface area contributed by atoms with Gasteiger partial charge in [0, 0.05) is 12.8 Å². The highest BCUT2D eigenvalue weighted by molar-refractivity contribution is 5.78. The maximum absolute atomic E-state index is 11.7. The van der Waals surface area contributed by atoms with Crippen molar-refractivity contribution in [2.75, 3.05) is 6.61 Å². The Bertz CT molecular complexity index is 401. The van der Waals surface area contributed by atoms with Crippen molar-refractivity contribution >= 4 is 11.9 Å². The monoisotopic (exact) mass is 249 g/mol. The van der Waals surface area contributed by atoms with Gasteiger partial charge in [0.2, 0.25) is 5.91 Å². The first-order valence-corrected chi connectivity index (χ1v) is 5.99. The van der Waals surface area contributed by atoms with Gasteiger partial charge in [0.05, 0.1) is 6.04 Å². The molecule has 0 radical (unpaired) electrons. The third-order valence-corrected chi connectivity index (χ3v) is 2.50. The molecule has 1 atom stereocenters. The molecule has 1 amide bonds. The Labute approximate surface area is 107 Å². The lowest BCUT2D eigenvalue weighted by molar-refractivity contribution is -0.142. The maximum atomic E-state index is 11.7. The molecular formula is C14H19NO3. The fourth-order valence-electron chi connectivity index (χ4n) is 1.45. The highest BCUT2D eigenvalue weighted by atomic mass is 16.5. The summed E-state index contributed by atoms with van der Waals surface area (Å²) in [7, 11) is 0. The van der Waals surface area contributed by atoms with E-state index >= 15 is 0 Å². The summed E-state index contributed by atoms with van der Waals surface area (Å²) >= 11 is 0. The van der Waals surface area contributed by atoms with Crippen molar-refractivity contribution < 1.29 is 14.3 Å². The van der Waals surface area contributed by atoms with Crippen LogP contribution in [0.15, 0.2) is 30.3 Å². The number of amides is 1. The van der Waals surface area contributed by atoms with Gasteiger partial charge < -0.3 is 10.1 Å². The molecule has 0 spiro atoms. The van der Waals surface area contributed by atoms with E-state index in [2.05, 4.69) is 5.32 Å². The lowest BCUT2D eigenvalue weighted by Crippen LogP contribution is -2.34. The lowest BCUT2D eigenvalue weighted by Gasteiger charge is -2.20. The van der Waals surface area contributed by atoms with Gasteiger partial charge in [0.25, 0.3) is 0 Å². The molecule has 0 saturated heterocycles. The van der Waals surface area contributed by atoms with Crippen LogP contribution in [0.3, 0.4) is 0 Å². The lowest BCUT2D eigenvalue weighted by atomic mass is 10.1. The number of ether oxygens (including phenoxy) is 1. The minimum Gasteiger partial charge on any atom is -0.463 e. The van der Waals surface area contributed by atoms with E-state index in [-0.39, 0.29) is 30.4 Å². The predicted molar refractivity (Wildman–Crippen MR) is 68.8 cm³/mol. The average Bonchev–Trinajstić information content (AvgIpc) is 2.34. The topological polar surface area (TPSA) is 55.4 Å². The highest BCUT2D eigenvalue weighted by Gasteiger charge is 2.17. The second kappa shape index (κ2) is 6.79. The zero-order valence-electron chi connectivity index (χ0n) is 11.0. The van der Waals surface area contributed by atoms with Crippen molar-refractivity contribution in [3.05, 3.63) is 35.9 Å². The fraction of sp³-hybridized carbons (Fsp3) is 0.429. The van der Waals surface area contributed by atoms with Crippen LogP contribution in [-0.2, 0) is 14.3 Å². The van der Waals surface area contributed by atoms with Gasteiger partial charge in [0.15, 0.2) is 0 Å². The zero-order valence-corrected chi connectivity index (χ0v) is 11.0. The minimum absolute atomic E-state index is 0.0593. The number of hydrogen-bond acceptors (Lipinski definition) is 3. The molecule has 0 aliphatic carbocycles. The van der Waals surface area contributed by atoms with Crippen LogP contribution in [-0.4, -0.2) is 18.5 Å². The number of esters is 1. The Kier molecular flexibility index (Phi) is 5.36. The van der Waals surface area contributed by atoms with E-state index in [4.69, 9.17) is 4.74 Å². The maximum Gasteiger partial charge on any atom is 0.302 e. The molecule has 0 heterocycles. The van der Waals surface area contributed by atoms with Crippen LogP contribution in [0.5, 0.6) is 0 Å². The number of hydrogen-bond donors (Lipinski definition) is 1. The highest BCUT2D eigenvalue weighted by Crippen LogP contribution is 2.14. The van der Waals surface area contributed by atoms with E-state index in [1.54, 1.807) is 0 Å². The van der Waals surface area contributed by atoms with Crippen LogP contribution < -0.4 is 5.32 Å². The molecule has 1 aromatic carbocycles. The number of rotatable bonds is 5. The molecular weight excluding hydrogens is 230 g/mol. The first-order chi connectivity index (χ1) is 8.50. The Morgan fingerprint density at radius 2 is 1.83 bits per heavy atom. The van der Waals surface area contributed by atoms with Gasteiger partial charge in [-0.25, -0.2) is 0 Å². The van der Waals surface area contributed by atoms with E-state index in [9.17, 15) is 9.59 Å². The van der Waals surface area contributed by atoms with Gasteiger partial charge in [-0.1, -0.05) is 44.2 Å². The minimum atomic E-state index is -0.352. The van der Waals surface area contributed by atoms with Crippen molar-refractivity contribution in [2.45, 2.75) is 26.8 Å². The van der Waals surface area contributed by atoms with Gasteiger partial charge in [-0.2, -0.15) is 0 Å². The van der Waals surface area contributed by atoms with E-state index < -0.39 is 0 Å². The third-order valence-electron chi connectivity index (χ3n) is 2.50. The number of carbonyl (C=O) groups is 2. The quantitative estimate of drug-likeness (QED) is 0.813. The van der Waals surface area contributed by atoms with Crippen molar-refractivity contribution in [3.8, 4) is 0 Å². The van der Waals surface area contributed by atoms with Crippen LogP contribution in [0.2, 0.25) is 0 Å². The van der Waals surface area contributed by atoms with Crippen LogP contribution >= 0.6 is 0 Å². The Morgan fingerprint density at radius 3 is 2.33 bits per heavy atom. The average molecular weight is 249 g/mol. The van der Waals surface area contributed by atoms with Gasteiger partial charge in [-0.05, 0) is 5.56 Å². The standard InChI is InChI=1S/C14H19NO3/c1-10(2)14(17)15-13(9-18-11(3)16)12-7-5-4-6-8-12/h4-8,10,13H,9H2,1-3H3,(H,15,17)/t13-/m0/s1. The molecule has 1 aromatic rings. The number of benzene rings is 1. The first-order valence-electron chi connectivity index (χ1n) is 5.99. The van der Waals surface area contributed by atoms with Crippen LogP contribution in [0.1, 0.15) is 32.4 Å². The van der Waals surface area contributed by atoms with Crippen molar-refractivity contribution in [3.63, 3.8) is 0 Å². The Hall–Kier alpha value is -1.84. The van der Waals surface area contributed by atoms with E-state index in [1.807, 2.05) is 44.2 Å². The smallest absolute Gasteiger partial charge is 0.302 e. The summed E-state index contributed by atoms with van der Waals surface area (Å²) in [5.74, 6) is -0.515. The third kappa shape index (κ3) is 4.57. The van der Waals surface area contributed by atoms with Crippen LogP contribution in [0.25, 0.3) is 0 Å². The molecule has 0 saturated carbocycles. The molecule has 98 valence electrons. The van der Waals surface area contributed by atoms with Crippen molar-refractivity contribution in [1.82, 2.24) is 5.32 Å². The zero-order chi connectivity index (χ0) is 13.5. The molecule has 18 heavy (non-hydrogen) atoms. The summed E-state index contributed by atoms with van der Waals surface area (Å²) < 4.78 is 4.99. The summed E-state index contributed by atoms with van der Waals surface area (Å²) in [4.78, 5) is 22.6. The molecule has 0 aromatic heterocycles. The molecule has 0 unspecified atom stereocenters. The second-order valence-corrected chi connectivity index (χ2v) is 4.43. The van der Waals surface area contributed by atoms with E-state index in [1.165, 1.54) is 6.92 Å². The molecule has 1 N–H and O–H groups in total. The molecule has 1 rings (SSSR count). The van der Waals surface area contributed by atoms with Gasteiger partial charge >= 0.3 is 5.97 Å². The SMILES string of the molecule is CC(=O)OC[C@H](NC(=O)C(C)C)c1ccccc1. The van der Waals surface area contributed by atoms with E-state index in [0.717, 1.165) is 5.56 Å². The first kappa shape index (κ1) is 14.2. The molecule has 0 fully saturated rings. The summed E-state index contributed by atoms with van der Waals surface area (Å²) in [6.07, 6.45) is 0. The summed E-state index contributed by atoms with van der Waals surface area (Å²) in [5.41, 5.74) is 0.924. The second-order valence-electron chi connectivity index (χ2n) is 4.43. The number of carbonyl (C=O) groups excluding carboxylic acids is 2. The normalized spacial score (nSPS) is 12.0. The van der Waals surface area contributed by atoms with Gasteiger partial charge in [-0.15, -0.1) is 0 Å². The molecule has 4 heteroatoms. The van der Waals surface area contributed by atoms with E-state index in [0.29, 0.717) is 0 Å². The fourth-order valence-corrected chi connectivity index (χ4v) is 1.45. The Balaban J connectivity index is 2.75. The van der Waals surface area contributed by atoms with Gasteiger partial charge in [-0.3, -0.25) is 9.59 Å². The summed E-state index contributed by atoms with van der Waals surface area (Å²) in [6, 6.07) is 9.17. The molecule has 4 nitrogen and oxygen atoms in total. The van der Waals surface area contributed by atoms with Crippen molar-refractivity contribution in [1.29, 1.82) is 0 Å². The molecule has 0 aliphatic heterocycles. The summed E-state index contributed by atoms with van der Waals surface area (Å²) in [5, 5.41) is 2.87. The van der Waals surface area contributed by atoms with Crippen molar-refractivity contribution in [2.24, 2.45) is 5.92 Å². The molecule has 0 aliphatic rings. The summed E-state index contributed by atoms with van der Waals surface area (Å²) in [6.45, 7) is 5.15. The van der Waals surface area contributed by atoms with Crippen LogP contribution in [0, 0.1) is 5.92 Å². The van der Waals surface area contributed by atoms with Gasteiger partial charge in [0.1, 0.15) is 6.61 Å². The number of nitrogens with one attached hydrogen (secondary N) is 1.